The second-order valence-electron chi connectivity index (χ2n) is 5.52. The number of ether oxygens (including phenoxy) is 1. The van der Waals surface area contributed by atoms with E-state index in [0.717, 1.165) is 35.5 Å². The van der Waals surface area contributed by atoms with E-state index in [-0.39, 0.29) is 23.0 Å². The summed E-state index contributed by atoms with van der Waals surface area (Å²) in [6, 6.07) is 5.60. The maximum atomic E-state index is 12.9. The van der Waals surface area contributed by atoms with Crippen LogP contribution in [0.15, 0.2) is 28.6 Å². The molecule has 0 radical (unpaired) electrons. The van der Waals surface area contributed by atoms with Gasteiger partial charge in [-0.1, -0.05) is 23.1 Å². The van der Waals surface area contributed by atoms with Crippen molar-refractivity contribution in [3.05, 3.63) is 35.6 Å². The second-order valence-corrected chi connectivity index (χ2v) is 8.09. The number of hydrogen-bond donors (Lipinski definition) is 1. The quantitative estimate of drug-likeness (QED) is 0.595. The van der Waals surface area contributed by atoms with E-state index in [2.05, 4.69) is 15.5 Å². The van der Waals surface area contributed by atoms with Crippen LogP contribution >= 0.6 is 23.1 Å². The van der Waals surface area contributed by atoms with Gasteiger partial charge in [0.15, 0.2) is 10.1 Å². The highest BCUT2D eigenvalue weighted by Gasteiger charge is 2.20. The number of ketones is 1. The summed E-state index contributed by atoms with van der Waals surface area (Å²) in [7, 11) is 0. The third-order valence-electron chi connectivity index (χ3n) is 3.69. The van der Waals surface area contributed by atoms with E-state index in [1.165, 1.54) is 47.4 Å². The predicted octanol–water partition coefficient (Wildman–Crippen LogP) is 3.63. The van der Waals surface area contributed by atoms with Crippen LogP contribution in [-0.4, -0.2) is 40.5 Å². The molecule has 2 atom stereocenters. The number of nitrogens with one attached hydrogen (secondary N) is 1. The largest absolute Gasteiger partial charge is 0.376 e. The van der Waals surface area contributed by atoms with Gasteiger partial charge in [0.05, 0.1) is 11.4 Å². The molecule has 2 aromatic rings. The summed E-state index contributed by atoms with van der Waals surface area (Å²) in [5.74, 6) is -0.401. The zero-order chi connectivity index (χ0) is 16.9. The van der Waals surface area contributed by atoms with Crippen LogP contribution in [0.4, 0.5) is 9.52 Å². The molecule has 24 heavy (non-hydrogen) atoms. The molecule has 5 nitrogen and oxygen atoms in total. The highest BCUT2D eigenvalue weighted by molar-refractivity contribution is 8.02. The maximum absolute atomic E-state index is 12.9. The van der Waals surface area contributed by atoms with Gasteiger partial charge in [-0.2, -0.15) is 0 Å². The van der Waals surface area contributed by atoms with Gasteiger partial charge in [0, 0.05) is 18.7 Å². The molecular formula is C16H18FN3O2S2. The van der Waals surface area contributed by atoms with Crippen LogP contribution in [0.3, 0.4) is 0 Å². The number of halogens is 1. The third-order valence-corrected chi connectivity index (χ3v) is 5.75. The zero-order valence-corrected chi connectivity index (χ0v) is 14.8. The summed E-state index contributed by atoms with van der Waals surface area (Å²) in [6.07, 6.45) is 2.41. The molecule has 0 spiro atoms. The Balaban J connectivity index is 1.53. The number of benzene rings is 1. The van der Waals surface area contributed by atoms with Gasteiger partial charge in [0.2, 0.25) is 5.13 Å². The van der Waals surface area contributed by atoms with Gasteiger partial charge in [-0.25, -0.2) is 4.39 Å². The molecule has 1 aromatic carbocycles. The van der Waals surface area contributed by atoms with E-state index in [1.807, 2.05) is 6.92 Å². The molecule has 0 aliphatic carbocycles. The van der Waals surface area contributed by atoms with Crippen molar-refractivity contribution >= 4 is 34.0 Å². The van der Waals surface area contributed by atoms with Crippen LogP contribution in [0, 0.1) is 5.82 Å². The Morgan fingerprint density at radius 1 is 1.46 bits per heavy atom. The van der Waals surface area contributed by atoms with Gasteiger partial charge in [-0.15, -0.1) is 10.2 Å². The van der Waals surface area contributed by atoms with Crippen LogP contribution in [0.5, 0.6) is 0 Å². The fourth-order valence-corrected chi connectivity index (χ4v) is 4.37. The number of aromatic nitrogens is 2. The zero-order valence-electron chi connectivity index (χ0n) is 13.2. The van der Waals surface area contributed by atoms with E-state index in [0.29, 0.717) is 5.56 Å². The molecule has 128 valence electrons. The van der Waals surface area contributed by atoms with Gasteiger partial charge in [-0.05, 0) is 44.0 Å². The van der Waals surface area contributed by atoms with Crippen molar-refractivity contribution in [3.8, 4) is 0 Å². The number of rotatable bonds is 7. The molecule has 3 rings (SSSR count). The summed E-state index contributed by atoms with van der Waals surface area (Å²) in [4.78, 5) is 12.3. The monoisotopic (exact) mass is 367 g/mol. The minimum absolute atomic E-state index is 0.0518. The first-order valence-corrected chi connectivity index (χ1v) is 9.47. The third kappa shape index (κ3) is 4.52. The van der Waals surface area contributed by atoms with Gasteiger partial charge in [-0.3, -0.25) is 4.79 Å². The maximum Gasteiger partial charge on any atom is 0.206 e. The molecule has 1 aliphatic rings. The van der Waals surface area contributed by atoms with Gasteiger partial charge >= 0.3 is 0 Å². The normalized spacial score (nSPS) is 18.5. The molecule has 1 aromatic heterocycles. The molecule has 1 aliphatic heterocycles. The number of nitrogens with zero attached hydrogens (tertiary/aromatic N) is 2. The van der Waals surface area contributed by atoms with Gasteiger partial charge in [0.1, 0.15) is 5.82 Å². The molecule has 1 saturated heterocycles. The Bertz CT molecular complexity index is 687. The SMILES string of the molecule is C[C@@H](Sc1nnc(NC[C@H]2CCCO2)s1)C(=O)c1ccc(F)cc1. The Hall–Kier alpha value is -1.51. The fraction of sp³-hybridized carbons (Fsp3) is 0.438. The average molecular weight is 367 g/mol. The molecular weight excluding hydrogens is 349 g/mol. The molecule has 0 saturated carbocycles. The first kappa shape index (κ1) is 17.3. The highest BCUT2D eigenvalue weighted by Crippen LogP contribution is 2.30. The van der Waals surface area contributed by atoms with Crippen molar-refractivity contribution in [2.24, 2.45) is 0 Å². The van der Waals surface area contributed by atoms with Crippen molar-refractivity contribution in [2.75, 3.05) is 18.5 Å². The highest BCUT2D eigenvalue weighted by atomic mass is 32.2. The van der Waals surface area contributed by atoms with Crippen molar-refractivity contribution in [1.82, 2.24) is 10.2 Å². The molecule has 1 N–H and O–H groups in total. The molecule has 0 bridgehead atoms. The van der Waals surface area contributed by atoms with Crippen LogP contribution in [-0.2, 0) is 4.74 Å². The Morgan fingerprint density at radius 3 is 2.96 bits per heavy atom. The lowest BCUT2D eigenvalue weighted by atomic mass is 10.1. The summed E-state index contributed by atoms with van der Waals surface area (Å²) < 4.78 is 19.2. The van der Waals surface area contributed by atoms with Gasteiger partial charge < -0.3 is 10.1 Å². The summed E-state index contributed by atoms with van der Waals surface area (Å²) in [5.41, 5.74) is 0.498. The van der Waals surface area contributed by atoms with Crippen LogP contribution in [0.2, 0.25) is 0 Å². The molecule has 1 fully saturated rings. The fourth-order valence-electron chi connectivity index (χ4n) is 2.39. The number of carbonyl (C=O) groups excluding carboxylic acids is 1. The Labute approximate surface area is 148 Å². The lowest BCUT2D eigenvalue weighted by molar-refractivity contribution is 0.0994. The van der Waals surface area contributed by atoms with Crippen molar-refractivity contribution in [2.45, 2.75) is 35.5 Å². The van der Waals surface area contributed by atoms with E-state index in [4.69, 9.17) is 4.74 Å². The van der Waals surface area contributed by atoms with Crippen molar-refractivity contribution in [1.29, 1.82) is 0 Å². The molecule has 0 amide bonds. The Kier molecular flexibility index (Phi) is 5.80. The predicted molar refractivity (Wildman–Crippen MR) is 93.4 cm³/mol. The van der Waals surface area contributed by atoms with E-state index >= 15 is 0 Å². The van der Waals surface area contributed by atoms with Crippen molar-refractivity contribution in [3.63, 3.8) is 0 Å². The van der Waals surface area contributed by atoms with Crippen molar-refractivity contribution < 1.29 is 13.9 Å². The van der Waals surface area contributed by atoms with E-state index < -0.39 is 0 Å². The van der Waals surface area contributed by atoms with E-state index in [9.17, 15) is 9.18 Å². The first-order valence-electron chi connectivity index (χ1n) is 7.77. The number of thioether (sulfide) groups is 1. The van der Waals surface area contributed by atoms with Crippen LogP contribution in [0.25, 0.3) is 0 Å². The average Bonchev–Trinajstić information content (AvgIpc) is 3.24. The lowest BCUT2D eigenvalue weighted by Crippen LogP contribution is -2.18. The Morgan fingerprint density at radius 2 is 2.25 bits per heavy atom. The molecule has 8 heteroatoms. The summed E-state index contributed by atoms with van der Waals surface area (Å²) in [5, 5.41) is 11.8. The van der Waals surface area contributed by atoms with Crippen LogP contribution in [0.1, 0.15) is 30.1 Å². The smallest absolute Gasteiger partial charge is 0.206 e. The number of Topliss-reactive ketones (excluding diaryl/α,β-unsaturated/α-hetero) is 1. The van der Waals surface area contributed by atoms with Gasteiger partial charge in [0.25, 0.3) is 0 Å². The number of hydrogen-bond acceptors (Lipinski definition) is 7. The lowest BCUT2D eigenvalue weighted by Gasteiger charge is -2.09. The number of carbonyl (C=O) groups is 1. The summed E-state index contributed by atoms with van der Waals surface area (Å²) in [6.45, 7) is 3.37. The molecule has 0 unspecified atom stereocenters. The summed E-state index contributed by atoms with van der Waals surface area (Å²) >= 11 is 2.78. The van der Waals surface area contributed by atoms with Crippen LogP contribution < -0.4 is 5.32 Å². The standard InChI is InChI=1S/C16H18FN3O2S2/c1-10(14(21)11-4-6-12(17)7-5-11)23-16-20-19-15(24-16)18-9-13-3-2-8-22-13/h4-7,10,13H,2-3,8-9H2,1H3,(H,18,19)/t10-,13-/m1/s1. The second kappa shape index (κ2) is 8.04. The minimum Gasteiger partial charge on any atom is -0.376 e. The van der Waals surface area contributed by atoms with E-state index in [1.54, 1.807) is 0 Å². The first-order chi connectivity index (χ1) is 11.6. The minimum atomic E-state index is -0.349. The number of anilines is 1. The topological polar surface area (TPSA) is 64.1 Å². The molecule has 2 heterocycles.